The van der Waals surface area contributed by atoms with E-state index >= 15 is 0 Å². The first-order valence-corrected chi connectivity index (χ1v) is 5.71. The summed E-state index contributed by atoms with van der Waals surface area (Å²) in [4.78, 5) is 7.83. The molecule has 1 heterocycles. The molecule has 4 nitrogen and oxygen atoms in total. The predicted molar refractivity (Wildman–Crippen MR) is 70.6 cm³/mol. The summed E-state index contributed by atoms with van der Waals surface area (Å²) in [6.07, 6.45) is 2.50. The number of nitrogens with two attached hydrogens (primary N) is 1. The zero-order valence-electron chi connectivity index (χ0n) is 9.44. The SMILES string of the molecule is CCc1ccc(Nc2nc(Cl)ncc2N)cc1. The normalized spacial score (nSPS) is 10.2. The van der Waals surface area contributed by atoms with Crippen LogP contribution in [0.25, 0.3) is 0 Å². The third kappa shape index (κ3) is 2.85. The molecule has 2 rings (SSSR count). The van der Waals surface area contributed by atoms with Gasteiger partial charge in [0.15, 0.2) is 5.82 Å². The zero-order valence-corrected chi connectivity index (χ0v) is 10.2. The maximum Gasteiger partial charge on any atom is 0.224 e. The van der Waals surface area contributed by atoms with E-state index in [0.29, 0.717) is 11.5 Å². The van der Waals surface area contributed by atoms with Gasteiger partial charge in [0.25, 0.3) is 0 Å². The van der Waals surface area contributed by atoms with Gasteiger partial charge in [0.1, 0.15) is 0 Å². The lowest BCUT2D eigenvalue weighted by Gasteiger charge is -2.08. The lowest BCUT2D eigenvalue weighted by molar-refractivity contribution is 1.14. The fourth-order valence-corrected chi connectivity index (χ4v) is 1.56. The second-order valence-electron chi connectivity index (χ2n) is 3.62. The van der Waals surface area contributed by atoms with Crippen molar-refractivity contribution < 1.29 is 0 Å². The molecule has 17 heavy (non-hydrogen) atoms. The van der Waals surface area contributed by atoms with E-state index in [0.717, 1.165) is 12.1 Å². The predicted octanol–water partition coefficient (Wildman–Crippen LogP) is 3.02. The molecule has 0 bridgehead atoms. The Labute approximate surface area is 105 Å². The van der Waals surface area contributed by atoms with Gasteiger partial charge in [-0.2, -0.15) is 4.98 Å². The van der Waals surface area contributed by atoms with Crippen LogP contribution in [0.2, 0.25) is 5.28 Å². The standard InChI is InChI=1S/C12H13ClN4/c1-2-8-3-5-9(6-4-8)16-11-10(14)7-15-12(13)17-11/h3-7H,2,14H2,1H3,(H,15,16,17). The van der Waals surface area contributed by atoms with E-state index in [1.54, 1.807) is 0 Å². The van der Waals surface area contributed by atoms with Gasteiger partial charge in [-0.25, -0.2) is 4.98 Å². The van der Waals surface area contributed by atoms with Gasteiger partial charge in [-0.15, -0.1) is 0 Å². The molecule has 0 aliphatic rings. The van der Waals surface area contributed by atoms with Crippen LogP contribution in [0.4, 0.5) is 17.2 Å². The molecule has 88 valence electrons. The van der Waals surface area contributed by atoms with Gasteiger partial charge in [-0.1, -0.05) is 19.1 Å². The van der Waals surface area contributed by atoms with Crippen LogP contribution in [0.5, 0.6) is 0 Å². The van der Waals surface area contributed by atoms with Gasteiger partial charge in [0, 0.05) is 5.69 Å². The Balaban J connectivity index is 2.22. The number of aromatic nitrogens is 2. The van der Waals surface area contributed by atoms with Crippen LogP contribution in [0.1, 0.15) is 12.5 Å². The molecular formula is C12H13ClN4. The van der Waals surface area contributed by atoms with E-state index in [1.165, 1.54) is 11.8 Å². The maximum absolute atomic E-state index is 5.75. The minimum atomic E-state index is 0.173. The number of hydrogen-bond donors (Lipinski definition) is 2. The summed E-state index contributed by atoms with van der Waals surface area (Å²) in [6.45, 7) is 2.12. The summed E-state index contributed by atoms with van der Waals surface area (Å²) < 4.78 is 0. The summed E-state index contributed by atoms with van der Waals surface area (Å²) in [5.41, 5.74) is 8.42. The molecule has 0 atom stereocenters. The van der Waals surface area contributed by atoms with Gasteiger partial charge in [-0.3, -0.25) is 0 Å². The van der Waals surface area contributed by atoms with Crippen LogP contribution >= 0.6 is 11.6 Å². The van der Waals surface area contributed by atoms with E-state index in [2.05, 4.69) is 34.3 Å². The summed E-state index contributed by atoms with van der Waals surface area (Å²) in [5, 5.41) is 3.28. The third-order valence-electron chi connectivity index (χ3n) is 2.41. The topological polar surface area (TPSA) is 63.8 Å². The molecule has 0 aliphatic carbocycles. The van der Waals surface area contributed by atoms with Crippen molar-refractivity contribution in [2.24, 2.45) is 0 Å². The second kappa shape index (κ2) is 5.01. The van der Waals surface area contributed by atoms with Crippen molar-refractivity contribution in [2.75, 3.05) is 11.1 Å². The molecule has 0 saturated heterocycles. The Kier molecular flexibility index (Phi) is 3.44. The van der Waals surface area contributed by atoms with Gasteiger partial charge in [0.2, 0.25) is 5.28 Å². The van der Waals surface area contributed by atoms with Crippen molar-refractivity contribution in [3.05, 3.63) is 41.3 Å². The van der Waals surface area contributed by atoms with Crippen LogP contribution in [0, 0.1) is 0 Å². The number of rotatable bonds is 3. The molecule has 0 aliphatic heterocycles. The van der Waals surface area contributed by atoms with Gasteiger partial charge in [-0.05, 0) is 35.7 Å². The lowest BCUT2D eigenvalue weighted by Crippen LogP contribution is -2.00. The van der Waals surface area contributed by atoms with Crippen LogP contribution in [-0.4, -0.2) is 9.97 Å². The van der Waals surface area contributed by atoms with E-state index in [4.69, 9.17) is 17.3 Å². The number of halogens is 1. The molecule has 0 amide bonds. The van der Waals surface area contributed by atoms with E-state index in [1.807, 2.05) is 12.1 Å². The first-order chi connectivity index (χ1) is 8.19. The number of nitrogens with zero attached hydrogens (tertiary/aromatic N) is 2. The number of aryl methyl sites for hydroxylation is 1. The Hall–Kier alpha value is -1.81. The van der Waals surface area contributed by atoms with Gasteiger partial charge in [0.05, 0.1) is 11.9 Å². The van der Waals surface area contributed by atoms with Crippen molar-refractivity contribution in [3.8, 4) is 0 Å². The van der Waals surface area contributed by atoms with Crippen LogP contribution in [0.3, 0.4) is 0 Å². The third-order valence-corrected chi connectivity index (χ3v) is 2.59. The highest BCUT2D eigenvalue weighted by Crippen LogP contribution is 2.21. The van der Waals surface area contributed by atoms with Crippen LogP contribution < -0.4 is 11.1 Å². The first kappa shape index (κ1) is 11.7. The largest absolute Gasteiger partial charge is 0.394 e. The van der Waals surface area contributed by atoms with Crippen molar-refractivity contribution in [2.45, 2.75) is 13.3 Å². The molecule has 5 heteroatoms. The zero-order chi connectivity index (χ0) is 12.3. The van der Waals surface area contributed by atoms with Gasteiger partial charge < -0.3 is 11.1 Å². The Morgan fingerprint density at radius 1 is 1.29 bits per heavy atom. The minimum absolute atomic E-state index is 0.173. The van der Waals surface area contributed by atoms with Crippen LogP contribution in [0.15, 0.2) is 30.5 Å². The molecule has 0 radical (unpaired) electrons. The molecule has 1 aromatic carbocycles. The Morgan fingerprint density at radius 2 is 2.00 bits per heavy atom. The van der Waals surface area contributed by atoms with E-state index in [-0.39, 0.29) is 5.28 Å². The minimum Gasteiger partial charge on any atom is -0.394 e. The number of hydrogen-bond acceptors (Lipinski definition) is 4. The first-order valence-electron chi connectivity index (χ1n) is 5.33. The second-order valence-corrected chi connectivity index (χ2v) is 3.96. The lowest BCUT2D eigenvalue weighted by atomic mass is 10.1. The number of anilines is 3. The summed E-state index contributed by atoms with van der Waals surface area (Å²) in [7, 11) is 0. The highest BCUT2D eigenvalue weighted by molar-refractivity contribution is 6.28. The fraction of sp³-hybridized carbons (Fsp3) is 0.167. The van der Waals surface area contributed by atoms with Crippen LogP contribution in [-0.2, 0) is 6.42 Å². The molecule has 2 aromatic rings. The summed E-state index contributed by atoms with van der Waals surface area (Å²) in [5.74, 6) is 0.522. The molecule has 3 N–H and O–H groups in total. The Morgan fingerprint density at radius 3 is 2.65 bits per heavy atom. The summed E-state index contributed by atoms with van der Waals surface area (Å²) in [6, 6.07) is 8.07. The van der Waals surface area contributed by atoms with Crippen molar-refractivity contribution in [1.82, 2.24) is 9.97 Å². The monoisotopic (exact) mass is 248 g/mol. The van der Waals surface area contributed by atoms with Gasteiger partial charge >= 0.3 is 0 Å². The molecule has 0 fully saturated rings. The average Bonchev–Trinajstić information content (AvgIpc) is 2.35. The van der Waals surface area contributed by atoms with Crippen molar-refractivity contribution in [1.29, 1.82) is 0 Å². The molecular weight excluding hydrogens is 236 g/mol. The molecule has 0 spiro atoms. The molecule has 0 unspecified atom stereocenters. The van der Waals surface area contributed by atoms with E-state index < -0.39 is 0 Å². The van der Waals surface area contributed by atoms with Crippen molar-refractivity contribution in [3.63, 3.8) is 0 Å². The molecule has 0 saturated carbocycles. The number of benzene rings is 1. The summed E-state index contributed by atoms with van der Waals surface area (Å²) >= 11 is 5.71. The number of nitrogen functional groups attached to an aromatic ring is 1. The quantitative estimate of drug-likeness (QED) is 0.820. The van der Waals surface area contributed by atoms with Crippen molar-refractivity contribution >= 4 is 28.8 Å². The fourth-order valence-electron chi connectivity index (χ4n) is 1.43. The average molecular weight is 249 g/mol. The number of nitrogens with one attached hydrogen (secondary N) is 1. The molecule has 1 aromatic heterocycles. The highest BCUT2D eigenvalue weighted by Gasteiger charge is 2.03. The smallest absolute Gasteiger partial charge is 0.224 e. The highest BCUT2D eigenvalue weighted by atomic mass is 35.5. The Bertz CT molecular complexity index is 510. The maximum atomic E-state index is 5.75. The van der Waals surface area contributed by atoms with E-state index in [9.17, 15) is 0 Å².